The highest BCUT2D eigenvalue weighted by Crippen LogP contribution is 2.27. The zero-order valence-corrected chi connectivity index (χ0v) is 27.5. The van der Waals surface area contributed by atoms with Gasteiger partial charge in [-0.2, -0.15) is 5.10 Å². The number of methoxy groups -OCH3 is 3. The molecule has 0 radical (unpaired) electrons. The Bertz CT molecular complexity index is 1970. The molecule has 0 saturated carbocycles. The largest absolute Gasteiger partial charge is 0.497 e. The second kappa shape index (κ2) is 13.8. The van der Waals surface area contributed by atoms with Crippen LogP contribution in [-0.4, -0.2) is 58.0 Å². The van der Waals surface area contributed by atoms with E-state index in [9.17, 15) is 9.59 Å². The van der Waals surface area contributed by atoms with Crippen molar-refractivity contribution in [1.82, 2.24) is 24.2 Å². The molecule has 1 N–H and O–H groups in total. The first-order chi connectivity index (χ1) is 22.8. The number of anilines is 1. The van der Waals surface area contributed by atoms with Crippen molar-refractivity contribution in [1.29, 1.82) is 0 Å². The lowest BCUT2D eigenvalue weighted by atomic mass is 10.0. The number of nitrogens with zero attached hydrogens (tertiary/aromatic N) is 5. The summed E-state index contributed by atoms with van der Waals surface area (Å²) < 4.78 is 19.5. The van der Waals surface area contributed by atoms with Crippen molar-refractivity contribution in [2.75, 3.05) is 33.2 Å². The summed E-state index contributed by atoms with van der Waals surface area (Å²) in [5.74, 6) is 2.64. The van der Waals surface area contributed by atoms with E-state index in [2.05, 4.69) is 10.4 Å². The lowest BCUT2D eigenvalue weighted by molar-refractivity contribution is 0.0731. The number of nitrogens with one attached hydrogen (secondary N) is 1. The van der Waals surface area contributed by atoms with Crippen LogP contribution in [0.2, 0.25) is 10.0 Å². The van der Waals surface area contributed by atoms with Crippen LogP contribution in [0.3, 0.4) is 0 Å². The number of hydrogen-bond donors (Lipinski definition) is 1. The van der Waals surface area contributed by atoms with Gasteiger partial charge < -0.3 is 24.4 Å². The number of amides is 1. The minimum Gasteiger partial charge on any atom is -0.497 e. The predicted octanol–water partition coefficient (Wildman–Crippen LogP) is 5.62. The maximum absolute atomic E-state index is 14.3. The van der Waals surface area contributed by atoms with Crippen LogP contribution < -0.4 is 25.1 Å². The minimum absolute atomic E-state index is 0.157. The second-order valence-electron chi connectivity index (χ2n) is 10.9. The Morgan fingerprint density at radius 2 is 1.60 bits per heavy atom. The summed E-state index contributed by atoms with van der Waals surface area (Å²) in [6, 6.07) is 19.7. The summed E-state index contributed by atoms with van der Waals surface area (Å²) in [5, 5.41) is 8.57. The fourth-order valence-electron chi connectivity index (χ4n) is 5.50. The van der Waals surface area contributed by atoms with Gasteiger partial charge in [0.1, 0.15) is 23.1 Å². The van der Waals surface area contributed by atoms with Crippen molar-refractivity contribution < 1.29 is 19.0 Å². The van der Waals surface area contributed by atoms with Crippen LogP contribution >= 0.6 is 23.2 Å². The van der Waals surface area contributed by atoms with Crippen LogP contribution in [0.1, 0.15) is 32.7 Å². The van der Waals surface area contributed by atoms with Gasteiger partial charge in [-0.15, -0.1) is 0 Å². The van der Waals surface area contributed by atoms with E-state index in [0.29, 0.717) is 76.2 Å². The standard InChI is InChI=1S/C34H32Cl2N6O5/c1-45-24-7-4-21(5-8-24)18-37-34-39-30-20-40(32(43)23-6-9-28(35)29(36)16-23)13-11-27(30)33(44)42(34)31-10-12-38-41(31)19-22-14-25(46-2)17-26(15-22)47-3/h4-10,12,14-17H,11,13,18-20H2,1-3H3,(H,37,39). The topological polar surface area (TPSA) is 113 Å². The summed E-state index contributed by atoms with van der Waals surface area (Å²) in [6.07, 6.45) is 1.97. The van der Waals surface area contributed by atoms with Crippen LogP contribution in [0, 0.1) is 0 Å². The average molecular weight is 676 g/mol. The minimum atomic E-state index is -0.237. The molecular formula is C34H32Cl2N6O5. The summed E-state index contributed by atoms with van der Waals surface area (Å²) in [6.45, 7) is 1.21. The molecule has 0 aliphatic carbocycles. The van der Waals surface area contributed by atoms with Crippen molar-refractivity contribution in [3.8, 4) is 23.1 Å². The molecule has 13 heteroatoms. The number of hydrogen-bond acceptors (Lipinski definition) is 8. The van der Waals surface area contributed by atoms with Crippen LogP contribution in [0.5, 0.6) is 17.2 Å². The zero-order valence-electron chi connectivity index (χ0n) is 26.0. The first-order valence-corrected chi connectivity index (χ1v) is 15.5. The molecular weight excluding hydrogens is 643 g/mol. The van der Waals surface area contributed by atoms with Crippen molar-refractivity contribution in [2.24, 2.45) is 0 Å². The number of aromatic nitrogens is 4. The van der Waals surface area contributed by atoms with Crippen molar-refractivity contribution in [3.63, 3.8) is 0 Å². The molecule has 1 aliphatic heterocycles. The highest BCUT2D eigenvalue weighted by Gasteiger charge is 2.28. The molecule has 242 valence electrons. The van der Waals surface area contributed by atoms with Gasteiger partial charge >= 0.3 is 0 Å². The molecule has 0 saturated heterocycles. The Balaban J connectivity index is 1.38. The average Bonchev–Trinajstić information content (AvgIpc) is 3.55. The molecule has 0 fully saturated rings. The van der Waals surface area contributed by atoms with Gasteiger partial charge in [-0.3, -0.25) is 9.59 Å². The highest BCUT2D eigenvalue weighted by molar-refractivity contribution is 6.42. The molecule has 1 amide bonds. The number of carbonyl (C=O) groups excluding carboxylic acids is 1. The Labute approximate surface area is 281 Å². The predicted molar refractivity (Wildman–Crippen MR) is 179 cm³/mol. The normalized spacial score (nSPS) is 12.4. The lowest BCUT2D eigenvalue weighted by Gasteiger charge is -2.29. The van der Waals surface area contributed by atoms with E-state index in [1.54, 1.807) is 72.0 Å². The number of benzene rings is 3. The fraction of sp³-hybridized carbons (Fsp3) is 0.235. The Hall–Kier alpha value is -5.00. The summed E-state index contributed by atoms with van der Waals surface area (Å²) >= 11 is 12.3. The van der Waals surface area contributed by atoms with Gasteiger partial charge in [-0.1, -0.05) is 35.3 Å². The van der Waals surface area contributed by atoms with E-state index < -0.39 is 0 Å². The Kier molecular flexibility index (Phi) is 9.37. The fourth-order valence-corrected chi connectivity index (χ4v) is 5.80. The molecule has 0 unspecified atom stereocenters. The Morgan fingerprint density at radius 1 is 0.872 bits per heavy atom. The molecule has 47 heavy (non-hydrogen) atoms. The summed E-state index contributed by atoms with van der Waals surface area (Å²) in [4.78, 5) is 34.3. The van der Waals surface area contributed by atoms with E-state index in [0.717, 1.165) is 16.9 Å². The third kappa shape index (κ3) is 6.77. The summed E-state index contributed by atoms with van der Waals surface area (Å²) in [5.41, 5.74) is 3.05. The van der Waals surface area contributed by atoms with Crippen molar-refractivity contribution in [3.05, 3.63) is 121 Å². The third-order valence-corrected chi connectivity index (χ3v) is 8.70. The summed E-state index contributed by atoms with van der Waals surface area (Å²) in [7, 11) is 4.80. The van der Waals surface area contributed by atoms with E-state index >= 15 is 0 Å². The number of ether oxygens (including phenoxy) is 3. The van der Waals surface area contributed by atoms with Crippen LogP contribution in [0.15, 0.2) is 77.7 Å². The quantitative estimate of drug-likeness (QED) is 0.203. The van der Waals surface area contributed by atoms with E-state index in [4.69, 9.17) is 42.4 Å². The van der Waals surface area contributed by atoms with Crippen LogP contribution in [0.25, 0.3) is 5.82 Å². The molecule has 3 heterocycles. The van der Waals surface area contributed by atoms with Crippen molar-refractivity contribution in [2.45, 2.75) is 26.1 Å². The maximum Gasteiger partial charge on any atom is 0.264 e. The lowest BCUT2D eigenvalue weighted by Crippen LogP contribution is -2.41. The highest BCUT2D eigenvalue weighted by atomic mass is 35.5. The van der Waals surface area contributed by atoms with Gasteiger partial charge in [0.15, 0.2) is 0 Å². The molecule has 0 bridgehead atoms. The molecule has 6 rings (SSSR count). The maximum atomic E-state index is 14.3. The first-order valence-electron chi connectivity index (χ1n) is 14.8. The van der Waals surface area contributed by atoms with E-state index in [1.165, 1.54) is 0 Å². The molecule has 0 atom stereocenters. The number of halogens is 2. The SMILES string of the molecule is COc1ccc(CNc2nc3c(c(=O)n2-c2ccnn2Cc2cc(OC)cc(OC)c2)CCN(C(=O)c2ccc(Cl)c(Cl)c2)C3)cc1. The van der Waals surface area contributed by atoms with Gasteiger partial charge in [-0.05, 0) is 60.0 Å². The van der Waals surface area contributed by atoms with Gasteiger partial charge in [0, 0.05) is 36.3 Å². The van der Waals surface area contributed by atoms with Crippen LogP contribution in [0.4, 0.5) is 5.95 Å². The van der Waals surface area contributed by atoms with Gasteiger partial charge in [0.25, 0.3) is 11.5 Å². The molecule has 5 aromatic rings. The van der Waals surface area contributed by atoms with E-state index in [1.807, 2.05) is 36.4 Å². The number of fused-ring (bicyclic) bond motifs is 1. The number of rotatable bonds is 10. The van der Waals surface area contributed by atoms with Gasteiger partial charge in [0.2, 0.25) is 5.95 Å². The monoisotopic (exact) mass is 674 g/mol. The number of carbonyl (C=O) groups is 1. The second-order valence-corrected chi connectivity index (χ2v) is 11.7. The molecule has 1 aliphatic rings. The van der Waals surface area contributed by atoms with Gasteiger partial charge in [0.05, 0.1) is 56.4 Å². The Morgan fingerprint density at radius 3 is 2.28 bits per heavy atom. The molecule has 0 spiro atoms. The molecule has 2 aromatic heterocycles. The first kappa shape index (κ1) is 32.0. The smallest absolute Gasteiger partial charge is 0.264 e. The zero-order chi connectivity index (χ0) is 33.1. The van der Waals surface area contributed by atoms with Gasteiger partial charge in [-0.25, -0.2) is 14.2 Å². The molecule has 3 aromatic carbocycles. The van der Waals surface area contributed by atoms with E-state index in [-0.39, 0.29) is 18.0 Å². The van der Waals surface area contributed by atoms with Crippen LogP contribution in [-0.2, 0) is 26.1 Å². The van der Waals surface area contributed by atoms with Crippen molar-refractivity contribution >= 4 is 35.1 Å². The third-order valence-electron chi connectivity index (χ3n) is 7.96. The molecule has 11 nitrogen and oxygen atoms in total.